The minimum Gasteiger partial charge on any atom is -0.379 e. The van der Waals surface area contributed by atoms with Gasteiger partial charge in [0.25, 0.3) is 0 Å². The third kappa shape index (κ3) is 4.88. The lowest BCUT2D eigenvalue weighted by Gasteiger charge is -2.29. The van der Waals surface area contributed by atoms with E-state index in [1.54, 1.807) is 6.20 Å². The fourth-order valence-electron chi connectivity index (χ4n) is 2.05. The average molecular weight is 267 g/mol. The molecule has 1 aliphatic rings. The van der Waals surface area contributed by atoms with Gasteiger partial charge in [-0.05, 0) is 13.0 Å². The minimum absolute atomic E-state index is 0.111. The van der Waals surface area contributed by atoms with Crippen LogP contribution in [0.2, 0.25) is 0 Å². The van der Waals surface area contributed by atoms with E-state index in [2.05, 4.69) is 25.7 Å². The molecule has 2 amide bonds. The fourth-order valence-corrected chi connectivity index (χ4v) is 2.05. The number of aromatic amines is 1. The zero-order valence-electron chi connectivity index (χ0n) is 11.2. The molecule has 106 valence electrons. The van der Waals surface area contributed by atoms with E-state index in [0.29, 0.717) is 6.54 Å². The first-order valence-corrected chi connectivity index (χ1v) is 6.57. The number of aromatic nitrogens is 2. The number of nitrogens with zero attached hydrogens (tertiary/aromatic N) is 2. The van der Waals surface area contributed by atoms with E-state index in [4.69, 9.17) is 4.74 Å². The lowest BCUT2D eigenvalue weighted by molar-refractivity contribution is 0.0349. The number of urea groups is 1. The molecule has 7 nitrogen and oxygen atoms in total. The molecule has 2 heterocycles. The van der Waals surface area contributed by atoms with Crippen molar-refractivity contribution in [3.63, 3.8) is 0 Å². The van der Waals surface area contributed by atoms with Gasteiger partial charge in [0.15, 0.2) is 0 Å². The summed E-state index contributed by atoms with van der Waals surface area (Å²) in [6.07, 6.45) is 1.66. The molecule has 0 radical (unpaired) electrons. The van der Waals surface area contributed by atoms with Crippen LogP contribution in [0.5, 0.6) is 0 Å². The molecule has 19 heavy (non-hydrogen) atoms. The number of rotatable bonds is 5. The van der Waals surface area contributed by atoms with E-state index in [-0.39, 0.29) is 12.1 Å². The second-order valence-corrected chi connectivity index (χ2v) is 4.72. The van der Waals surface area contributed by atoms with Crippen molar-refractivity contribution in [2.45, 2.75) is 19.5 Å². The molecule has 7 heteroatoms. The van der Waals surface area contributed by atoms with Crippen LogP contribution in [0.25, 0.3) is 0 Å². The van der Waals surface area contributed by atoms with Gasteiger partial charge < -0.3 is 15.4 Å². The molecular weight excluding hydrogens is 246 g/mol. The highest BCUT2D eigenvalue weighted by Crippen LogP contribution is 1.98. The number of hydrogen-bond donors (Lipinski definition) is 3. The Hall–Kier alpha value is -1.60. The number of nitrogens with one attached hydrogen (secondary N) is 3. The molecular formula is C12H21N5O2. The summed E-state index contributed by atoms with van der Waals surface area (Å²) >= 11 is 0. The van der Waals surface area contributed by atoms with Crippen LogP contribution in [0.1, 0.15) is 12.6 Å². The second-order valence-electron chi connectivity index (χ2n) is 4.72. The Morgan fingerprint density at radius 3 is 3.05 bits per heavy atom. The highest BCUT2D eigenvalue weighted by molar-refractivity contribution is 5.74. The molecule has 1 aliphatic heterocycles. The van der Waals surface area contributed by atoms with Gasteiger partial charge in [-0.25, -0.2) is 4.79 Å². The van der Waals surface area contributed by atoms with E-state index in [9.17, 15) is 4.79 Å². The van der Waals surface area contributed by atoms with Crippen LogP contribution < -0.4 is 10.6 Å². The average Bonchev–Trinajstić information content (AvgIpc) is 2.90. The highest BCUT2D eigenvalue weighted by atomic mass is 16.5. The largest absolute Gasteiger partial charge is 0.379 e. The van der Waals surface area contributed by atoms with E-state index >= 15 is 0 Å². The Morgan fingerprint density at radius 2 is 2.37 bits per heavy atom. The predicted molar refractivity (Wildman–Crippen MR) is 70.7 cm³/mol. The maximum Gasteiger partial charge on any atom is 0.315 e. The first kappa shape index (κ1) is 13.8. The third-order valence-corrected chi connectivity index (χ3v) is 3.01. The highest BCUT2D eigenvalue weighted by Gasteiger charge is 2.14. The van der Waals surface area contributed by atoms with Gasteiger partial charge in [0.05, 0.1) is 25.5 Å². The van der Waals surface area contributed by atoms with Crippen molar-refractivity contribution in [3.05, 3.63) is 18.0 Å². The molecule has 1 unspecified atom stereocenters. The third-order valence-electron chi connectivity index (χ3n) is 3.01. The Kier molecular flexibility index (Phi) is 5.17. The summed E-state index contributed by atoms with van der Waals surface area (Å²) in [6.45, 7) is 6.73. The predicted octanol–water partition coefficient (Wildman–Crippen LogP) is -0.0704. The first-order chi connectivity index (χ1) is 9.24. The van der Waals surface area contributed by atoms with Gasteiger partial charge in [0, 0.05) is 31.9 Å². The normalized spacial score (nSPS) is 17.9. The van der Waals surface area contributed by atoms with Gasteiger partial charge in [0.2, 0.25) is 0 Å². The van der Waals surface area contributed by atoms with Crippen LogP contribution in [0, 0.1) is 0 Å². The van der Waals surface area contributed by atoms with Crippen LogP contribution in [0.3, 0.4) is 0 Å². The Morgan fingerprint density at radius 1 is 1.58 bits per heavy atom. The van der Waals surface area contributed by atoms with Crippen molar-refractivity contribution in [1.82, 2.24) is 25.7 Å². The van der Waals surface area contributed by atoms with Crippen molar-refractivity contribution in [3.8, 4) is 0 Å². The van der Waals surface area contributed by atoms with Crippen molar-refractivity contribution in [2.24, 2.45) is 0 Å². The monoisotopic (exact) mass is 267 g/mol. The van der Waals surface area contributed by atoms with E-state index in [1.807, 2.05) is 13.0 Å². The fraction of sp³-hybridized carbons (Fsp3) is 0.667. The summed E-state index contributed by atoms with van der Waals surface area (Å²) in [7, 11) is 0. The van der Waals surface area contributed by atoms with Gasteiger partial charge in [-0.15, -0.1) is 0 Å². The smallest absolute Gasteiger partial charge is 0.315 e. The summed E-state index contributed by atoms with van der Waals surface area (Å²) < 4.78 is 5.29. The van der Waals surface area contributed by atoms with E-state index in [1.165, 1.54) is 0 Å². The van der Waals surface area contributed by atoms with Crippen LogP contribution in [-0.2, 0) is 11.3 Å². The molecule has 0 aromatic carbocycles. The maximum atomic E-state index is 11.7. The number of carbonyl (C=O) groups is 1. The number of carbonyl (C=O) groups excluding carboxylic acids is 1. The van der Waals surface area contributed by atoms with Crippen LogP contribution >= 0.6 is 0 Å². The lowest BCUT2D eigenvalue weighted by atomic mass is 10.3. The number of H-pyrrole nitrogens is 1. The van der Waals surface area contributed by atoms with Gasteiger partial charge in [-0.3, -0.25) is 10.00 Å². The first-order valence-electron chi connectivity index (χ1n) is 6.57. The van der Waals surface area contributed by atoms with E-state index < -0.39 is 0 Å². The standard InChI is InChI=1S/C12H21N5O2/c1-10(9-17-4-6-19-7-5-17)15-12(18)13-8-11-2-3-14-16-11/h2-3,10H,4-9H2,1H3,(H,14,16)(H2,13,15,18). The van der Waals surface area contributed by atoms with Gasteiger partial charge >= 0.3 is 6.03 Å². The van der Waals surface area contributed by atoms with E-state index in [0.717, 1.165) is 38.5 Å². The van der Waals surface area contributed by atoms with Crippen molar-refractivity contribution in [2.75, 3.05) is 32.8 Å². The number of morpholine rings is 1. The topological polar surface area (TPSA) is 82.3 Å². The summed E-state index contributed by atoms with van der Waals surface area (Å²) in [4.78, 5) is 14.0. The Balaban J connectivity index is 1.63. The van der Waals surface area contributed by atoms with Gasteiger partial charge in [0.1, 0.15) is 0 Å². The molecule has 1 atom stereocenters. The molecule has 1 fully saturated rings. The Labute approximate surface area is 112 Å². The summed E-state index contributed by atoms with van der Waals surface area (Å²) in [6, 6.07) is 1.78. The molecule has 0 spiro atoms. The molecule has 1 aromatic rings. The molecule has 1 saturated heterocycles. The van der Waals surface area contributed by atoms with Crippen LogP contribution in [-0.4, -0.2) is 60.0 Å². The summed E-state index contributed by atoms with van der Waals surface area (Å²) in [5, 5.41) is 12.3. The Bertz CT molecular complexity index is 375. The number of hydrogen-bond acceptors (Lipinski definition) is 4. The quantitative estimate of drug-likeness (QED) is 0.697. The van der Waals surface area contributed by atoms with Crippen LogP contribution in [0.4, 0.5) is 4.79 Å². The maximum absolute atomic E-state index is 11.7. The zero-order chi connectivity index (χ0) is 13.5. The zero-order valence-corrected chi connectivity index (χ0v) is 11.2. The summed E-state index contributed by atoms with van der Waals surface area (Å²) in [5.74, 6) is 0. The molecule has 1 aromatic heterocycles. The van der Waals surface area contributed by atoms with Gasteiger partial charge in [-0.1, -0.05) is 0 Å². The second kappa shape index (κ2) is 7.10. The van der Waals surface area contributed by atoms with Gasteiger partial charge in [-0.2, -0.15) is 5.10 Å². The number of ether oxygens (including phenoxy) is 1. The molecule has 0 saturated carbocycles. The summed E-state index contributed by atoms with van der Waals surface area (Å²) in [5.41, 5.74) is 0.885. The number of amides is 2. The SMILES string of the molecule is CC(CN1CCOCC1)NC(=O)NCc1ccn[nH]1. The minimum atomic E-state index is -0.157. The molecule has 0 bridgehead atoms. The molecule has 0 aliphatic carbocycles. The van der Waals surface area contributed by atoms with Crippen molar-refractivity contribution in [1.29, 1.82) is 0 Å². The molecule has 2 rings (SSSR count). The van der Waals surface area contributed by atoms with Crippen molar-refractivity contribution < 1.29 is 9.53 Å². The lowest BCUT2D eigenvalue weighted by Crippen LogP contribution is -2.48. The molecule has 3 N–H and O–H groups in total. The van der Waals surface area contributed by atoms with Crippen LogP contribution in [0.15, 0.2) is 12.3 Å². The van der Waals surface area contributed by atoms with Crippen molar-refractivity contribution >= 4 is 6.03 Å².